The van der Waals surface area contributed by atoms with Crippen LogP contribution in [0, 0.1) is 22.9 Å². The van der Waals surface area contributed by atoms with E-state index >= 15 is 0 Å². The number of carbonyl (C=O) groups is 1. The quantitative estimate of drug-likeness (QED) is 0.668. The molecule has 0 unspecified atom stereocenters. The molecular formula is C12H13BrF3NO. The van der Waals surface area contributed by atoms with Gasteiger partial charge in [0.1, 0.15) is 0 Å². The van der Waals surface area contributed by atoms with E-state index in [0.717, 1.165) is 12.1 Å². The van der Waals surface area contributed by atoms with Crippen LogP contribution in [0.15, 0.2) is 12.1 Å². The zero-order chi connectivity index (χ0) is 13.9. The summed E-state index contributed by atoms with van der Waals surface area (Å²) in [6, 6.07) is 1.65. The highest BCUT2D eigenvalue weighted by atomic mass is 79.9. The SMILES string of the molecule is CC(C)(CBr)CNC(=O)c1ccc(F)c(F)c1F. The Hall–Kier alpha value is -1.04. The standard InChI is InChI=1S/C12H13BrF3NO/c1-12(2,5-13)6-17-11(18)7-3-4-8(14)10(16)9(7)15/h3-4H,5-6H2,1-2H3,(H,17,18). The van der Waals surface area contributed by atoms with Gasteiger partial charge >= 0.3 is 0 Å². The summed E-state index contributed by atoms with van der Waals surface area (Å²) in [7, 11) is 0. The van der Waals surface area contributed by atoms with E-state index in [9.17, 15) is 18.0 Å². The van der Waals surface area contributed by atoms with Crippen LogP contribution < -0.4 is 5.32 Å². The highest BCUT2D eigenvalue weighted by Gasteiger charge is 2.21. The van der Waals surface area contributed by atoms with Gasteiger partial charge in [0, 0.05) is 11.9 Å². The molecule has 0 aliphatic heterocycles. The minimum absolute atomic E-state index is 0.218. The van der Waals surface area contributed by atoms with Crippen molar-refractivity contribution in [3.8, 4) is 0 Å². The Morgan fingerprint density at radius 3 is 2.44 bits per heavy atom. The fourth-order valence-corrected chi connectivity index (χ4v) is 1.36. The molecule has 0 saturated carbocycles. The van der Waals surface area contributed by atoms with Crippen LogP contribution in [0.3, 0.4) is 0 Å². The van der Waals surface area contributed by atoms with Crippen LogP contribution in [-0.2, 0) is 0 Å². The number of amides is 1. The molecule has 6 heteroatoms. The van der Waals surface area contributed by atoms with Crippen LogP contribution in [0.2, 0.25) is 0 Å². The first-order valence-electron chi connectivity index (χ1n) is 5.26. The van der Waals surface area contributed by atoms with Crippen molar-refractivity contribution in [2.75, 3.05) is 11.9 Å². The number of hydrogen-bond donors (Lipinski definition) is 1. The third kappa shape index (κ3) is 3.48. The number of nitrogens with one attached hydrogen (secondary N) is 1. The number of benzene rings is 1. The topological polar surface area (TPSA) is 29.1 Å². The van der Waals surface area contributed by atoms with Crippen LogP contribution in [0.25, 0.3) is 0 Å². The third-order valence-electron chi connectivity index (χ3n) is 2.37. The van der Waals surface area contributed by atoms with Gasteiger partial charge in [-0.15, -0.1) is 0 Å². The summed E-state index contributed by atoms with van der Waals surface area (Å²) < 4.78 is 39.0. The lowest BCUT2D eigenvalue weighted by Gasteiger charge is -2.21. The summed E-state index contributed by atoms with van der Waals surface area (Å²) in [6.45, 7) is 4.07. The van der Waals surface area contributed by atoms with Gasteiger partial charge in [-0.05, 0) is 17.5 Å². The molecule has 100 valence electrons. The van der Waals surface area contributed by atoms with Crippen LogP contribution in [-0.4, -0.2) is 17.8 Å². The molecular weight excluding hydrogens is 311 g/mol. The predicted molar refractivity (Wildman–Crippen MR) is 66.2 cm³/mol. The minimum Gasteiger partial charge on any atom is -0.351 e. The second kappa shape index (κ2) is 5.73. The number of halogens is 4. The number of alkyl halides is 1. The van der Waals surface area contributed by atoms with E-state index in [0.29, 0.717) is 5.33 Å². The Labute approximate surface area is 112 Å². The maximum Gasteiger partial charge on any atom is 0.254 e. The maximum atomic E-state index is 13.3. The molecule has 0 spiro atoms. The van der Waals surface area contributed by atoms with Gasteiger partial charge in [-0.3, -0.25) is 4.79 Å². The molecule has 1 N–H and O–H groups in total. The maximum absolute atomic E-state index is 13.3. The van der Waals surface area contributed by atoms with Gasteiger partial charge in [-0.1, -0.05) is 29.8 Å². The van der Waals surface area contributed by atoms with Crippen molar-refractivity contribution in [2.24, 2.45) is 5.41 Å². The Morgan fingerprint density at radius 2 is 1.89 bits per heavy atom. The summed E-state index contributed by atoms with van der Waals surface area (Å²) in [5.74, 6) is -5.18. The summed E-state index contributed by atoms with van der Waals surface area (Å²) in [6.07, 6.45) is 0. The predicted octanol–water partition coefficient (Wildman–Crippen LogP) is 3.25. The first kappa shape index (κ1) is 15.0. The molecule has 0 radical (unpaired) electrons. The molecule has 0 atom stereocenters. The molecule has 1 aromatic carbocycles. The van der Waals surface area contributed by atoms with Gasteiger partial charge in [0.15, 0.2) is 17.5 Å². The molecule has 0 fully saturated rings. The molecule has 0 saturated heterocycles. The summed E-state index contributed by atoms with van der Waals surface area (Å²) >= 11 is 3.28. The van der Waals surface area contributed by atoms with Gasteiger partial charge in [-0.25, -0.2) is 13.2 Å². The fraction of sp³-hybridized carbons (Fsp3) is 0.417. The van der Waals surface area contributed by atoms with Crippen molar-refractivity contribution in [3.63, 3.8) is 0 Å². The second-order valence-corrected chi connectivity index (χ2v) is 5.26. The minimum atomic E-state index is -1.64. The van der Waals surface area contributed by atoms with E-state index < -0.39 is 28.9 Å². The van der Waals surface area contributed by atoms with E-state index in [-0.39, 0.29) is 12.0 Å². The van der Waals surface area contributed by atoms with Crippen molar-refractivity contribution in [3.05, 3.63) is 35.1 Å². The first-order chi connectivity index (χ1) is 8.28. The molecule has 2 nitrogen and oxygen atoms in total. The van der Waals surface area contributed by atoms with Crippen LogP contribution in [0.4, 0.5) is 13.2 Å². The zero-order valence-corrected chi connectivity index (χ0v) is 11.6. The van der Waals surface area contributed by atoms with Gasteiger partial charge in [0.25, 0.3) is 5.91 Å². The van der Waals surface area contributed by atoms with E-state index in [1.807, 2.05) is 13.8 Å². The molecule has 1 rings (SSSR count). The average Bonchev–Trinajstić information content (AvgIpc) is 2.33. The second-order valence-electron chi connectivity index (χ2n) is 4.70. The molecule has 0 aromatic heterocycles. The van der Waals surface area contributed by atoms with E-state index in [4.69, 9.17) is 0 Å². The van der Waals surface area contributed by atoms with Crippen molar-refractivity contribution in [1.82, 2.24) is 5.32 Å². The number of hydrogen-bond acceptors (Lipinski definition) is 1. The molecule has 0 aliphatic rings. The first-order valence-corrected chi connectivity index (χ1v) is 6.38. The lowest BCUT2D eigenvalue weighted by Crippen LogP contribution is -2.35. The molecule has 0 aliphatic carbocycles. The molecule has 0 bridgehead atoms. The lowest BCUT2D eigenvalue weighted by atomic mass is 9.97. The van der Waals surface area contributed by atoms with Crippen molar-refractivity contribution < 1.29 is 18.0 Å². The molecule has 18 heavy (non-hydrogen) atoms. The van der Waals surface area contributed by atoms with Gasteiger partial charge in [0.2, 0.25) is 0 Å². The summed E-state index contributed by atoms with van der Waals surface area (Å²) in [4.78, 5) is 11.6. The fourth-order valence-electron chi connectivity index (χ4n) is 1.16. The van der Waals surface area contributed by atoms with Crippen molar-refractivity contribution >= 4 is 21.8 Å². The monoisotopic (exact) mass is 323 g/mol. The van der Waals surface area contributed by atoms with Crippen LogP contribution >= 0.6 is 15.9 Å². The lowest BCUT2D eigenvalue weighted by molar-refractivity contribution is 0.0935. The Morgan fingerprint density at radius 1 is 1.28 bits per heavy atom. The third-order valence-corrected chi connectivity index (χ3v) is 3.89. The largest absolute Gasteiger partial charge is 0.351 e. The number of carbonyl (C=O) groups excluding carboxylic acids is 1. The van der Waals surface area contributed by atoms with Gasteiger partial charge in [-0.2, -0.15) is 0 Å². The highest BCUT2D eigenvalue weighted by Crippen LogP contribution is 2.18. The highest BCUT2D eigenvalue weighted by molar-refractivity contribution is 9.09. The van der Waals surface area contributed by atoms with Crippen molar-refractivity contribution in [1.29, 1.82) is 0 Å². The normalized spacial score (nSPS) is 11.4. The Balaban J connectivity index is 2.83. The van der Waals surface area contributed by atoms with E-state index in [1.165, 1.54) is 0 Å². The van der Waals surface area contributed by atoms with Crippen LogP contribution in [0.5, 0.6) is 0 Å². The van der Waals surface area contributed by atoms with E-state index in [2.05, 4.69) is 21.2 Å². The summed E-state index contributed by atoms with van der Waals surface area (Å²) in [5, 5.41) is 3.12. The molecule has 1 aromatic rings. The molecule has 0 heterocycles. The van der Waals surface area contributed by atoms with E-state index in [1.54, 1.807) is 0 Å². The van der Waals surface area contributed by atoms with Crippen LogP contribution in [0.1, 0.15) is 24.2 Å². The summed E-state index contributed by atoms with van der Waals surface area (Å²) in [5.41, 5.74) is -0.718. The average molecular weight is 324 g/mol. The number of rotatable bonds is 4. The smallest absolute Gasteiger partial charge is 0.254 e. The van der Waals surface area contributed by atoms with Gasteiger partial charge in [0.05, 0.1) is 5.56 Å². The van der Waals surface area contributed by atoms with Gasteiger partial charge < -0.3 is 5.32 Å². The van der Waals surface area contributed by atoms with Crippen molar-refractivity contribution in [2.45, 2.75) is 13.8 Å². The Kier molecular flexibility index (Phi) is 4.78. The molecule has 1 amide bonds. The zero-order valence-electron chi connectivity index (χ0n) is 9.99. The Bertz CT molecular complexity index is 463.